The molecular formula is C7H13BrMgO2. The minimum absolute atomic E-state index is 0. The van der Waals surface area contributed by atoms with Crippen molar-refractivity contribution in [1.82, 2.24) is 0 Å². The van der Waals surface area contributed by atoms with E-state index in [1.165, 1.54) is 0 Å². The van der Waals surface area contributed by atoms with E-state index in [0.717, 1.165) is 6.42 Å². The molecule has 0 aromatic carbocycles. The molecule has 0 spiro atoms. The molecule has 0 unspecified atom stereocenters. The monoisotopic (exact) mass is 232 g/mol. The van der Waals surface area contributed by atoms with Gasteiger partial charge in [0.15, 0.2) is 5.79 Å². The van der Waals surface area contributed by atoms with Gasteiger partial charge in [-0.05, 0) is 13.8 Å². The van der Waals surface area contributed by atoms with Gasteiger partial charge in [-0.3, -0.25) is 0 Å². The van der Waals surface area contributed by atoms with Gasteiger partial charge in [0, 0.05) is 0 Å². The number of rotatable bonds is 1. The van der Waals surface area contributed by atoms with Crippen LogP contribution in [-0.4, -0.2) is 41.6 Å². The average molecular weight is 233 g/mol. The van der Waals surface area contributed by atoms with Crippen LogP contribution in [0, 0.1) is 6.92 Å². The maximum absolute atomic E-state index is 5.41. The quantitative estimate of drug-likeness (QED) is 0.385. The van der Waals surface area contributed by atoms with Gasteiger partial charge < -0.3 is 33.4 Å². The van der Waals surface area contributed by atoms with E-state index < -0.39 is 0 Å². The molecule has 0 aliphatic carbocycles. The zero-order chi connectivity index (χ0) is 6.91. The summed E-state index contributed by atoms with van der Waals surface area (Å²) in [5, 5.41) is 0. The molecule has 62 valence electrons. The van der Waals surface area contributed by atoms with Gasteiger partial charge in [0.25, 0.3) is 0 Å². The van der Waals surface area contributed by atoms with Crippen molar-refractivity contribution in [3.05, 3.63) is 6.92 Å². The SMILES string of the molecule is [Br-].[CH2-]C[C@H]1COC(C)(C)O1.[Mg+2]. The number of ether oxygens (including phenoxy) is 2. The van der Waals surface area contributed by atoms with Gasteiger partial charge in [0.1, 0.15) is 0 Å². The van der Waals surface area contributed by atoms with Gasteiger partial charge >= 0.3 is 23.1 Å². The summed E-state index contributed by atoms with van der Waals surface area (Å²) in [5.41, 5.74) is 0. The minimum atomic E-state index is -0.373. The molecule has 1 aliphatic heterocycles. The summed E-state index contributed by atoms with van der Waals surface area (Å²) in [6.07, 6.45) is 1.00. The molecule has 0 bridgehead atoms. The van der Waals surface area contributed by atoms with E-state index in [1.807, 2.05) is 13.8 Å². The van der Waals surface area contributed by atoms with Crippen molar-refractivity contribution < 1.29 is 26.5 Å². The number of hydrogen-bond acceptors (Lipinski definition) is 2. The summed E-state index contributed by atoms with van der Waals surface area (Å²) >= 11 is 0. The molecule has 2 nitrogen and oxygen atoms in total. The Morgan fingerprint density at radius 3 is 2.27 bits per heavy atom. The summed E-state index contributed by atoms with van der Waals surface area (Å²) in [6.45, 7) is 8.26. The van der Waals surface area contributed by atoms with E-state index in [0.29, 0.717) is 6.61 Å². The fourth-order valence-corrected chi connectivity index (χ4v) is 0.905. The molecule has 0 amide bonds. The molecule has 0 radical (unpaired) electrons. The third-order valence-corrected chi connectivity index (χ3v) is 1.39. The van der Waals surface area contributed by atoms with E-state index in [1.54, 1.807) is 0 Å². The summed E-state index contributed by atoms with van der Waals surface area (Å²) in [6, 6.07) is 0. The predicted molar refractivity (Wildman–Crippen MR) is 40.6 cm³/mol. The normalized spacial score (nSPS) is 27.0. The molecular weight excluding hydrogens is 220 g/mol. The first-order valence-electron chi connectivity index (χ1n) is 3.25. The molecule has 0 aromatic rings. The van der Waals surface area contributed by atoms with Gasteiger partial charge in [-0.2, -0.15) is 6.42 Å². The van der Waals surface area contributed by atoms with Crippen LogP contribution >= 0.6 is 0 Å². The second-order valence-electron chi connectivity index (χ2n) is 2.74. The third kappa shape index (κ3) is 4.67. The summed E-state index contributed by atoms with van der Waals surface area (Å²) < 4.78 is 10.7. The third-order valence-electron chi connectivity index (χ3n) is 1.39. The first kappa shape index (κ1) is 14.7. The van der Waals surface area contributed by atoms with Crippen LogP contribution in [0.25, 0.3) is 0 Å². The van der Waals surface area contributed by atoms with E-state index >= 15 is 0 Å². The van der Waals surface area contributed by atoms with Gasteiger partial charge in [-0.25, -0.2) is 0 Å². The van der Waals surface area contributed by atoms with Crippen molar-refractivity contribution in [2.24, 2.45) is 0 Å². The van der Waals surface area contributed by atoms with Gasteiger partial charge in [0.2, 0.25) is 0 Å². The van der Waals surface area contributed by atoms with Crippen molar-refractivity contribution in [1.29, 1.82) is 0 Å². The topological polar surface area (TPSA) is 18.5 Å². The van der Waals surface area contributed by atoms with Crippen LogP contribution in [0.2, 0.25) is 0 Å². The van der Waals surface area contributed by atoms with E-state index in [9.17, 15) is 0 Å². The van der Waals surface area contributed by atoms with Crippen LogP contribution in [0.4, 0.5) is 0 Å². The molecule has 1 rings (SSSR count). The fraction of sp³-hybridized carbons (Fsp3) is 0.857. The Bertz CT molecular complexity index is 109. The van der Waals surface area contributed by atoms with Crippen LogP contribution < -0.4 is 17.0 Å². The second-order valence-corrected chi connectivity index (χ2v) is 2.74. The Kier molecular flexibility index (Phi) is 7.67. The molecule has 1 aliphatic rings. The van der Waals surface area contributed by atoms with E-state index in [4.69, 9.17) is 9.47 Å². The Balaban J connectivity index is 0. The summed E-state index contributed by atoms with van der Waals surface area (Å²) in [7, 11) is 0. The maximum atomic E-state index is 5.41. The molecule has 0 saturated carbocycles. The van der Waals surface area contributed by atoms with Crippen LogP contribution in [0.5, 0.6) is 0 Å². The van der Waals surface area contributed by atoms with Crippen LogP contribution in [0.15, 0.2) is 0 Å². The van der Waals surface area contributed by atoms with Gasteiger partial charge in [-0.1, -0.05) is 0 Å². The summed E-state index contributed by atoms with van der Waals surface area (Å²) in [4.78, 5) is 0. The zero-order valence-electron chi connectivity index (χ0n) is 7.10. The Morgan fingerprint density at radius 1 is 1.55 bits per heavy atom. The Labute approximate surface area is 94.9 Å². The predicted octanol–water partition coefficient (Wildman–Crippen LogP) is -2.01. The van der Waals surface area contributed by atoms with Crippen LogP contribution in [0.3, 0.4) is 0 Å². The van der Waals surface area contributed by atoms with Gasteiger partial charge in [0.05, 0.1) is 12.7 Å². The second kappa shape index (κ2) is 5.75. The van der Waals surface area contributed by atoms with Crippen LogP contribution in [0.1, 0.15) is 20.3 Å². The largest absolute Gasteiger partial charge is 2.00 e. The Morgan fingerprint density at radius 2 is 2.09 bits per heavy atom. The molecule has 0 N–H and O–H groups in total. The van der Waals surface area contributed by atoms with Crippen molar-refractivity contribution in [2.45, 2.75) is 32.2 Å². The van der Waals surface area contributed by atoms with Crippen molar-refractivity contribution in [3.8, 4) is 0 Å². The average Bonchev–Trinajstić information content (AvgIpc) is 2.10. The molecule has 1 atom stereocenters. The molecule has 11 heavy (non-hydrogen) atoms. The Hall–Kier alpha value is 1.17. The first-order chi connectivity index (χ1) is 4.14. The zero-order valence-corrected chi connectivity index (χ0v) is 10.1. The van der Waals surface area contributed by atoms with Crippen molar-refractivity contribution in [2.75, 3.05) is 6.61 Å². The molecule has 4 heteroatoms. The fourth-order valence-electron chi connectivity index (χ4n) is 0.905. The maximum Gasteiger partial charge on any atom is 2.00 e. The standard InChI is InChI=1S/C7H13O2.BrH.Mg/c1-4-6-5-8-7(2,3)9-6;;/h6H,1,4-5H2,2-3H3;1H;/q-1;;+2/p-1/t6-;;/m0../s1. The van der Waals surface area contributed by atoms with Crippen molar-refractivity contribution in [3.63, 3.8) is 0 Å². The smallest absolute Gasteiger partial charge is 1.00 e. The van der Waals surface area contributed by atoms with Gasteiger partial charge in [-0.15, -0.1) is 0 Å². The molecule has 1 saturated heterocycles. The summed E-state index contributed by atoms with van der Waals surface area (Å²) in [5.74, 6) is -0.373. The van der Waals surface area contributed by atoms with Crippen molar-refractivity contribution >= 4 is 23.1 Å². The molecule has 1 fully saturated rings. The molecule has 0 aromatic heterocycles. The number of halogens is 1. The van der Waals surface area contributed by atoms with E-state index in [-0.39, 0.29) is 51.9 Å². The first-order valence-corrected chi connectivity index (χ1v) is 3.25. The van der Waals surface area contributed by atoms with Crippen LogP contribution in [-0.2, 0) is 9.47 Å². The van der Waals surface area contributed by atoms with E-state index in [2.05, 4.69) is 6.92 Å². The molecule has 1 heterocycles. The minimum Gasteiger partial charge on any atom is -1.00 e. The number of hydrogen-bond donors (Lipinski definition) is 0.